The number of H-pyrrole nitrogens is 1. The highest BCUT2D eigenvalue weighted by molar-refractivity contribution is 6.07. The van der Waals surface area contributed by atoms with E-state index in [1.165, 1.54) is 35.0 Å². The summed E-state index contributed by atoms with van der Waals surface area (Å²) in [6.07, 6.45) is 3.41. The van der Waals surface area contributed by atoms with Gasteiger partial charge >= 0.3 is 0 Å². The number of hydrogen-bond donors (Lipinski definition) is 4. The molecule has 0 radical (unpaired) electrons. The number of aromatic nitrogens is 1. The van der Waals surface area contributed by atoms with E-state index in [-0.39, 0.29) is 35.4 Å². The van der Waals surface area contributed by atoms with E-state index < -0.39 is 11.3 Å². The summed E-state index contributed by atoms with van der Waals surface area (Å²) in [5.74, 6) is -0.559. The molecule has 9 heteroatoms. The summed E-state index contributed by atoms with van der Waals surface area (Å²) in [5, 5.41) is 30.3. The van der Waals surface area contributed by atoms with Crippen molar-refractivity contribution >= 4 is 34.5 Å². The molecule has 0 saturated carbocycles. The van der Waals surface area contributed by atoms with Gasteiger partial charge in [-0.3, -0.25) is 9.59 Å². The molecule has 0 spiro atoms. The molecule has 1 aromatic heterocycles. The molecule has 1 aliphatic rings. The van der Waals surface area contributed by atoms with Gasteiger partial charge in [0, 0.05) is 32.8 Å². The Morgan fingerprint density at radius 2 is 1.94 bits per heavy atom. The topological polar surface area (TPSA) is 124 Å². The van der Waals surface area contributed by atoms with Crippen LogP contribution in [0.25, 0.3) is 17.0 Å². The van der Waals surface area contributed by atoms with Gasteiger partial charge in [0.25, 0.3) is 5.91 Å². The van der Waals surface area contributed by atoms with Crippen LogP contribution in [0, 0.1) is 5.21 Å². The number of fused-ring (bicyclic) bond motifs is 1. The fourth-order valence-corrected chi connectivity index (χ4v) is 3.93. The van der Waals surface area contributed by atoms with Crippen LogP contribution < -0.4 is 5.23 Å². The fraction of sp³-hybridized carbons (Fsp3) is 0.182. The van der Waals surface area contributed by atoms with E-state index in [1.807, 2.05) is 0 Å². The van der Waals surface area contributed by atoms with Crippen LogP contribution in [0.15, 0.2) is 54.4 Å². The highest BCUT2D eigenvalue weighted by atomic mass is 16.8. The SMILES string of the molecule is CN1C(=O)C(Cc2c[nH]c3cccc([NH+]([O-])O)c23)N(C)C(=O)C1=Cc1cccc(O)c1. The normalized spacial score (nSPS) is 19.5. The summed E-state index contributed by atoms with van der Waals surface area (Å²) in [6.45, 7) is 0. The van der Waals surface area contributed by atoms with Crippen LogP contribution in [0.4, 0.5) is 5.69 Å². The van der Waals surface area contributed by atoms with Crippen molar-refractivity contribution in [2.24, 2.45) is 0 Å². The summed E-state index contributed by atoms with van der Waals surface area (Å²) in [5.41, 5.74) is 2.24. The Hall–Kier alpha value is -3.66. The van der Waals surface area contributed by atoms with Crippen molar-refractivity contribution in [1.29, 1.82) is 0 Å². The Kier molecular flexibility index (Phi) is 5.24. The number of likely N-dealkylation sites (N-methyl/N-ethyl adjacent to an activating group) is 2. The Bertz CT molecular complexity index is 1200. The standard InChI is InChI=1S/C22H22N4O5/c1-24-18(10-13-5-3-6-15(27)9-13)21(28)25(2)19(22(24)29)11-14-12-23-16-7-4-8-17(20(14)16)26(30)31/h3-10,12,19,23,26-27,30H,11H2,1-2H3. The summed E-state index contributed by atoms with van der Waals surface area (Å²) >= 11 is 0. The number of piperazine rings is 1. The van der Waals surface area contributed by atoms with Gasteiger partial charge in [-0.1, -0.05) is 18.2 Å². The molecular formula is C22H22N4O5. The van der Waals surface area contributed by atoms with Gasteiger partial charge in [-0.25, -0.2) is 5.21 Å². The lowest BCUT2D eigenvalue weighted by Crippen LogP contribution is -2.99. The van der Waals surface area contributed by atoms with E-state index in [4.69, 9.17) is 0 Å². The number of aromatic amines is 1. The zero-order chi connectivity index (χ0) is 22.3. The molecule has 1 fully saturated rings. The Balaban J connectivity index is 1.67. The largest absolute Gasteiger partial charge is 0.595 e. The van der Waals surface area contributed by atoms with Crippen LogP contribution in [-0.4, -0.2) is 57.0 Å². The first-order valence-electron chi connectivity index (χ1n) is 9.65. The minimum atomic E-state index is -1.06. The fourth-order valence-electron chi connectivity index (χ4n) is 3.93. The molecule has 9 nitrogen and oxygen atoms in total. The number of benzene rings is 2. The molecule has 160 valence electrons. The van der Waals surface area contributed by atoms with Crippen LogP contribution in [0.3, 0.4) is 0 Å². The quantitative estimate of drug-likeness (QED) is 0.371. The maximum Gasteiger partial charge on any atom is 0.271 e. The molecular weight excluding hydrogens is 400 g/mol. The van der Waals surface area contributed by atoms with E-state index in [9.17, 15) is 25.1 Å². The number of rotatable bonds is 4. The van der Waals surface area contributed by atoms with Gasteiger partial charge in [0.05, 0.1) is 10.9 Å². The number of amides is 2. The number of nitrogens with one attached hydrogen (secondary N) is 2. The van der Waals surface area contributed by atoms with Gasteiger partial charge in [0.15, 0.2) is 5.69 Å². The van der Waals surface area contributed by atoms with Crippen molar-refractivity contribution in [1.82, 2.24) is 14.8 Å². The van der Waals surface area contributed by atoms with Crippen LogP contribution in [0.2, 0.25) is 0 Å². The lowest BCUT2D eigenvalue weighted by molar-refractivity contribution is -0.990. The van der Waals surface area contributed by atoms with Gasteiger partial charge in [-0.15, -0.1) is 0 Å². The molecule has 2 atom stereocenters. The smallest absolute Gasteiger partial charge is 0.271 e. The molecule has 3 aromatic rings. The predicted molar refractivity (Wildman–Crippen MR) is 113 cm³/mol. The highest BCUT2D eigenvalue weighted by Gasteiger charge is 2.39. The second-order valence-electron chi connectivity index (χ2n) is 7.50. The van der Waals surface area contributed by atoms with Crippen molar-refractivity contribution in [3.63, 3.8) is 0 Å². The third-order valence-electron chi connectivity index (χ3n) is 5.59. The van der Waals surface area contributed by atoms with Gasteiger partial charge in [0.2, 0.25) is 5.91 Å². The summed E-state index contributed by atoms with van der Waals surface area (Å²) in [7, 11) is 3.09. The third kappa shape index (κ3) is 3.66. The Morgan fingerprint density at radius 3 is 2.65 bits per heavy atom. The number of carbonyl (C=O) groups is 2. The molecule has 2 unspecified atom stereocenters. The molecule has 0 bridgehead atoms. The van der Waals surface area contributed by atoms with E-state index in [2.05, 4.69) is 4.98 Å². The molecule has 2 amide bonds. The van der Waals surface area contributed by atoms with E-state index in [0.717, 1.165) is 0 Å². The summed E-state index contributed by atoms with van der Waals surface area (Å²) in [4.78, 5) is 31.9. The molecule has 31 heavy (non-hydrogen) atoms. The summed E-state index contributed by atoms with van der Waals surface area (Å²) in [6, 6.07) is 10.6. The second kappa shape index (κ2) is 7.88. The molecule has 4 rings (SSSR count). The molecule has 2 heterocycles. The van der Waals surface area contributed by atoms with Crippen LogP contribution >= 0.6 is 0 Å². The number of hydrogen-bond acceptors (Lipinski definition) is 5. The van der Waals surface area contributed by atoms with Crippen LogP contribution in [0.1, 0.15) is 11.1 Å². The molecule has 4 N–H and O–H groups in total. The third-order valence-corrected chi connectivity index (χ3v) is 5.59. The monoisotopic (exact) mass is 422 g/mol. The highest BCUT2D eigenvalue weighted by Crippen LogP contribution is 2.29. The first kappa shape index (κ1) is 20.6. The van der Waals surface area contributed by atoms with Gasteiger partial charge < -0.3 is 25.1 Å². The Morgan fingerprint density at radius 1 is 1.19 bits per heavy atom. The van der Waals surface area contributed by atoms with Crippen molar-refractivity contribution < 1.29 is 25.1 Å². The first-order chi connectivity index (χ1) is 14.8. The minimum absolute atomic E-state index is 0.0615. The lowest BCUT2D eigenvalue weighted by Gasteiger charge is -2.38. The zero-order valence-corrected chi connectivity index (χ0v) is 17.0. The zero-order valence-electron chi connectivity index (χ0n) is 17.0. The van der Waals surface area contributed by atoms with Gasteiger partial charge in [-0.2, -0.15) is 5.23 Å². The maximum atomic E-state index is 13.1. The number of quaternary nitrogens is 1. The molecule has 2 aromatic carbocycles. The van der Waals surface area contributed by atoms with Crippen molar-refractivity contribution in [2.45, 2.75) is 12.5 Å². The minimum Gasteiger partial charge on any atom is -0.595 e. The van der Waals surface area contributed by atoms with Crippen LogP contribution in [-0.2, 0) is 16.0 Å². The number of aromatic hydroxyl groups is 1. The lowest BCUT2D eigenvalue weighted by atomic mass is 9.99. The first-order valence-corrected chi connectivity index (χ1v) is 9.65. The Labute approximate surface area is 177 Å². The van der Waals surface area contributed by atoms with E-state index >= 15 is 0 Å². The van der Waals surface area contributed by atoms with Crippen molar-refractivity contribution in [3.05, 3.63) is 70.7 Å². The van der Waals surface area contributed by atoms with Gasteiger partial charge in [0.1, 0.15) is 17.5 Å². The van der Waals surface area contributed by atoms with E-state index in [0.29, 0.717) is 22.0 Å². The number of phenols is 1. The van der Waals surface area contributed by atoms with Crippen LogP contribution in [0.5, 0.6) is 5.75 Å². The van der Waals surface area contributed by atoms with Crippen molar-refractivity contribution in [3.8, 4) is 5.75 Å². The van der Waals surface area contributed by atoms with E-state index in [1.54, 1.807) is 43.6 Å². The maximum absolute atomic E-state index is 13.1. The predicted octanol–water partition coefficient (Wildman–Crippen LogP) is 1.16. The average Bonchev–Trinajstić information content (AvgIpc) is 3.16. The average molecular weight is 422 g/mol. The number of phenolic OH excluding ortho intramolecular Hbond substituents is 1. The molecule has 1 saturated heterocycles. The molecule has 0 aliphatic carbocycles. The van der Waals surface area contributed by atoms with Crippen molar-refractivity contribution in [2.75, 3.05) is 14.1 Å². The number of carbonyl (C=O) groups excluding carboxylic acids is 2. The summed E-state index contributed by atoms with van der Waals surface area (Å²) < 4.78 is 0. The molecule has 1 aliphatic heterocycles. The number of nitrogens with zero attached hydrogens (tertiary/aromatic N) is 2. The second-order valence-corrected chi connectivity index (χ2v) is 7.50. The van der Waals surface area contributed by atoms with Gasteiger partial charge in [-0.05, 0) is 35.4 Å².